The fraction of sp³-hybridized carbons (Fsp3) is 0.375. The Morgan fingerprint density at radius 3 is 2.26 bits per heavy atom. The molecule has 0 amide bonds. The van der Waals surface area contributed by atoms with E-state index in [1.807, 2.05) is 24.3 Å². The molecule has 0 aliphatic rings. The topological polar surface area (TPSA) is 25.8 Å². The molecule has 0 fully saturated rings. The lowest BCUT2D eigenvalue weighted by Crippen LogP contribution is -2.18. The Morgan fingerprint density at radius 1 is 1.05 bits per heavy atom. The van der Waals surface area contributed by atoms with Crippen LogP contribution >= 0.6 is 22.6 Å². The number of rotatable bonds is 2. The van der Waals surface area contributed by atoms with Crippen LogP contribution in [0.5, 0.6) is 0 Å². The van der Waals surface area contributed by atoms with Crippen molar-refractivity contribution in [3.05, 3.63) is 45.9 Å². The van der Waals surface area contributed by atoms with Crippen LogP contribution in [0, 0.1) is 9.12 Å². The molecular formula is C16H19IN2. The molecule has 0 N–H and O–H groups in total. The molecule has 0 saturated heterocycles. The Bertz CT molecular complexity index is 559. The van der Waals surface area contributed by atoms with Crippen molar-refractivity contribution >= 4 is 22.6 Å². The van der Waals surface area contributed by atoms with Crippen LogP contribution < -0.4 is 0 Å². The van der Waals surface area contributed by atoms with E-state index in [0.717, 1.165) is 20.8 Å². The molecule has 0 aliphatic heterocycles. The second kappa shape index (κ2) is 5.57. The van der Waals surface area contributed by atoms with E-state index in [1.165, 1.54) is 0 Å². The van der Waals surface area contributed by atoms with Gasteiger partial charge in [-0.2, -0.15) is 0 Å². The van der Waals surface area contributed by atoms with E-state index < -0.39 is 0 Å². The first kappa shape index (κ1) is 14.4. The van der Waals surface area contributed by atoms with Crippen LogP contribution in [0.2, 0.25) is 0 Å². The molecule has 2 nitrogen and oxygen atoms in total. The van der Waals surface area contributed by atoms with Gasteiger partial charge in [-0.15, -0.1) is 0 Å². The Kier molecular flexibility index (Phi) is 4.23. The van der Waals surface area contributed by atoms with E-state index in [0.29, 0.717) is 5.92 Å². The highest BCUT2D eigenvalue weighted by molar-refractivity contribution is 14.1. The highest BCUT2D eigenvalue weighted by atomic mass is 127. The summed E-state index contributed by atoms with van der Waals surface area (Å²) in [6.07, 6.45) is 0. The van der Waals surface area contributed by atoms with Crippen molar-refractivity contribution in [2.24, 2.45) is 5.41 Å². The third-order valence-electron chi connectivity index (χ3n) is 3.47. The van der Waals surface area contributed by atoms with Crippen molar-refractivity contribution in [1.29, 1.82) is 0 Å². The second-order valence-electron chi connectivity index (χ2n) is 5.89. The van der Waals surface area contributed by atoms with Crippen molar-refractivity contribution in [1.82, 2.24) is 9.97 Å². The van der Waals surface area contributed by atoms with Crippen LogP contribution in [0.1, 0.15) is 39.4 Å². The smallest absolute Gasteiger partial charge is 0.133 e. The van der Waals surface area contributed by atoms with E-state index in [2.05, 4.69) is 67.4 Å². The molecule has 0 radical (unpaired) electrons. The molecule has 1 aromatic carbocycles. The Balaban J connectivity index is 2.47. The van der Waals surface area contributed by atoms with Gasteiger partial charge < -0.3 is 0 Å². The summed E-state index contributed by atoms with van der Waals surface area (Å²) in [7, 11) is 0. The molecule has 2 rings (SSSR count). The summed E-state index contributed by atoms with van der Waals surface area (Å²) in [5, 5.41) is 0. The molecule has 1 atom stereocenters. The van der Waals surface area contributed by atoms with Crippen LogP contribution in [-0.2, 0) is 0 Å². The molecule has 1 unspecified atom stereocenters. The summed E-state index contributed by atoms with van der Waals surface area (Å²) in [5.74, 6) is 1.25. The molecule has 100 valence electrons. The van der Waals surface area contributed by atoms with Gasteiger partial charge in [0.1, 0.15) is 9.53 Å². The molecule has 0 spiro atoms. The summed E-state index contributed by atoms with van der Waals surface area (Å²) in [5.41, 5.74) is 2.31. The summed E-state index contributed by atoms with van der Waals surface area (Å²) >= 11 is 2.27. The lowest BCUT2D eigenvalue weighted by molar-refractivity contribution is 0.327. The van der Waals surface area contributed by atoms with Gasteiger partial charge in [0.15, 0.2) is 0 Å². The number of halogens is 1. The zero-order valence-electron chi connectivity index (χ0n) is 11.8. The van der Waals surface area contributed by atoms with Crippen molar-refractivity contribution in [3.63, 3.8) is 0 Å². The van der Waals surface area contributed by atoms with E-state index >= 15 is 0 Å². The molecular weight excluding hydrogens is 347 g/mol. The number of nitrogens with zero attached hydrogens (tertiary/aromatic N) is 2. The fourth-order valence-corrected chi connectivity index (χ4v) is 2.32. The number of hydrogen-bond donors (Lipinski definition) is 0. The van der Waals surface area contributed by atoms with E-state index in [9.17, 15) is 0 Å². The van der Waals surface area contributed by atoms with Gasteiger partial charge in [-0.05, 0) is 34.1 Å². The lowest BCUT2D eigenvalue weighted by atomic mass is 9.81. The highest BCUT2D eigenvalue weighted by Crippen LogP contribution is 2.33. The van der Waals surface area contributed by atoms with Crippen LogP contribution in [0.25, 0.3) is 11.3 Å². The van der Waals surface area contributed by atoms with Gasteiger partial charge >= 0.3 is 0 Å². The monoisotopic (exact) mass is 366 g/mol. The number of hydrogen-bond acceptors (Lipinski definition) is 2. The first-order valence-corrected chi connectivity index (χ1v) is 7.55. The molecule has 19 heavy (non-hydrogen) atoms. The second-order valence-corrected chi connectivity index (χ2v) is 6.99. The average molecular weight is 366 g/mol. The first-order valence-electron chi connectivity index (χ1n) is 6.48. The fourth-order valence-electron chi connectivity index (χ4n) is 1.77. The van der Waals surface area contributed by atoms with Crippen molar-refractivity contribution < 1.29 is 0 Å². The number of aromatic nitrogens is 2. The summed E-state index contributed by atoms with van der Waals surface area (Å²) in [6, 6.07) is 12.3. The minimum Gasteiger partial charge on any atom is -0.233 e. The van der Waals surface area contributed by atoms with Gasteiger partial charge in [-0.25, -0.2) is 9.97 Å². The largest absolute Gasteiger partial charge is 0.233 e. The maximum atomic E-state index is 4.75. The van der Waals surface area contributed by atoms with Gasteiger partial charge in [0.25, 0.3) is 0 Å². The molecule has 2 aromatic rings. The summed E-state index contributed by atoms with van der Waals surface area (Å²) < 4.78 is 0.998. The van der Waals surface area contributed by atoms with E-state index in [1.54, 1.807) is 0 Å². The minimum absolute atomic E-state index is 0.165. The molecule has 0 saturated carbocycles. The van der Waals surface area contributed by atoms with Gasteiger partial charge in [0, 0.05) is 11.5 Å². The molecule has 1 aromatic heterocycles. The van der Waals surface area contributed by atoms with Gasteiger partial charge in [-0.1, -0.05) is 58.0 Å². The van der Waals surface area contributed by atoms with Crippen LogP contribution in [0.15, 0.2) is 36.4 Å². The molecule has 1 heterocycles. The van der Waals surface area contributed by atoms with Gasteiger partial charge in [-0.3, -0.25) is 0 Å². The third kappa shape index (κ3) is 3.53. The standard InChI is InChI=1S/C16H19IN2/c1-11(16(2,3)4)15-18-13(10-14(17)19-15)12-8-6-5-7-9-12/h5-11H,1-4H3. The summed E-state index contributed by atoms with van der Waals surface area (Å²) in [4.78, 5) is 9.36. The number of benzene rings is 1. The predicted octanol–water partition coefficient (Wildman–Crippen LogP) is 4.90. The average Bonchev–Trinajstić information content (AvgIpc) is 2.37. The predicted molar refractivity (Wildman–Crippen MR) is 88.1 cm³/mol. The zero-order valence-corrected chi connectivity index (χ0v) is 14.0. The van der Waals surface area contributed by atoms with Gasteiger partial charge in [0.2, 0.25) is 0 Å². The zero-order chi connectivity index (χ0) is 14.0. The Hall–Kier alpha value is -0.970. The quantitative estimate of drug-likeness (QED) is 0.558. The maximum Gasteiger partial charge on any atom is 0.133 e. The Labute approximate surface area is 128 Å². The first-order chi connectivity index (χ1) is 8.88. The van der Waals surface area contributed by atoms with Crippen LogP contribution in [0.3, 0.4) is 0 Å². The minimum atomic E-state index is 0.165. The Morgan fingerprint density at radius 2 is 1.68 bits per heavy atom. The maximum absolute atomic E-state index is 4.75. The molecule has 0 bridgehead atoms. The van der Waals surface area contributed by atoms with E-state index in [-0.39, 0.29) is 5.41 Å². The van der Waals surface area contributed by atoms with E-state index in [4.69, 9.17) is 4.98 Å². The van der Waals surface area contributed by atoms with Crippen molar-refractivity contribution in [2.45, 2.75) is 33.6 Å². The van der Waals surface area contributed by atoms with Gasteiger partial charge in [0.05, 0.1) is 5.69 Å². The third-order valence-corrected chi connectivity index (χ3v) is 4.02. The van der Waals surface area contributed by atoms with Crippen LogP contribution in [0.4, 0.5) is 0 Å². The lowest BCUT2D eigenvalue weighted by Gasteiger charge is -2.26. The summed E-state index contributed by atoms with van der Waals surface area (Å²) in [6.45, 7) is 8.87. The van der Waals surface area contributed by atoms with Crippen molar-refractivity contribution in [3.8, 4) is 11.3 Å². The normalized spacial score (nSPS) is 13.3. The SMILES string of the molecule is CC(c1nc(I)cc(-c2ccccc2)n1)C(C)(C)C. The molecule has 0 aliphatic carbocycles. The van der Waals surface area contributed by atoms with Crippen LogP contribution in [-0.4, -0.2) is 9.97 Å². The highest BCUT2D eigenvalue weighted by Gasteiger charge is 2.24. The molecule has 3 heteroatoms. The van der Waals surface area contributed by atoms with Crippen molar-refractivity contribution in [2.75, 3.05) is 0 Å².